The predicted molar refractivity (Wildman–Crippen MR) is 131 cm³/mol. The second kappa shape index (κ2) is 9.60. The lowest BCUT2D eigenvalue weighted by molar-refractivity contribution is 0.0253. The second-order valence-corrected chi connectivity index (χ2v) is 9.08. The summed E-state index contributed by atoms with van der Waals surface area (Å²) in [5, 5.41) is 11.7. The van der Waals surface area contributed by atoms with Crippen LogP contribution in [0.15, 0.2) is 66.9 Å². The Kier molecular flexibility index (Phi) is 6.39. The summed E-state index contributed by atoms with van der Waals surface area (Å²) < 4.78 is 15.3. The van der Waals surface area contributed by atoms with Crippen molar-refractivity contribution in [2.45, 2.75) is 25.5 Å². The maximum atomic E-state index is 13.5. The number of piperazine rings is 1. The molecule has 6 nitrogen and oxygen atoms in total. The van der Waals surface area contributed by atoms with Gasteiger partial charge in [0.25, 0.3) is 5.91 Å². The van der Waals surface area contributed by atoms with E-state index in [9.17, 15) is 14.3 Å². The van der Waals surface area contributed by atoms with Gasteiger partial charge in [0.2, 0.25) is 0 Å². The Bertz CT molecular complexity index is 1120. The predicted octanol–water partition coefficient (Wildman–Crippen LogP) is 3.71. The van der Waals surface area contributed by atoms with Crippen LogP contribution in [0.1, 0.15) is 35.5 Å². The molecule has 0 saturated carbocycles. The zero-order valence-electron chi connectivity index (χ0n) is 19.5. The van der Waals surface area contributed by atoms with Gasteiger partial charge in [-0.15, -0.1) is 0 Å². The molecule has 2 atom stereocenters. The molecule has 2 unspecified atom stereocenters. The van der Waals surface area contributed by atoms with Gasteiger partial charge in [-0.2, -0.15) is 0 Å². The number of rotatable bonds is 5. The number of anilines is 1. The van der Waals surface area contributed by atoms with Crippen molar-refractivity contribution in [1.82, 2.24) is 14.4 Å². The van der Waals surface area contributed by atoms with Gasteiger partial charge in [-0.1, -0.05) is 25.1 Å². The number of hydrogen-bond acceptors (Lipinski definition) is 4. The van der Waals surface area contributed by atoms with Gasteiger partial charge in [-0.05, 0) is 48.9 Å². The minimum Gasteiger partial charge on any atom is -0.385 e. The molecule has 1 saturated heterocycles. The quantitative estimate of drug-likeness (QED) is 0.628. The second-order valence-electron chi connectivity index (χ2n) is 9.08. The molecule has 34 heavy (non-hydrogen) atoms. The Balaban J connectivity index is 1.43. The number of halogens is 1. The van der Waals surface area contributed by atoms with E-state index in [1.165, 1.54) is 12.1 Å². The monoisotopic (exact) mass is 462 g/mol. The van der Waals surface area contributed by atoms with Gasteiger partial charge in [-0.3, -0.25) is 9.69 Å². The summed E-state index contributed by atoms with van der Waals surface area (Å²) in [7, 11) is 0. The topological polar surface area (TPSA) is 52.0 Å². The van der Waals surface area contributed by atoms with Gasteiger partial charge in [0, 0.05) is 56.8 Å². The van der Waals surface area contributed by atoms with Crippen molar-refractivity contribution >= 4 is 11.6 Å². The van der Waals surface area contributed by atoms with Gasteiger partial charge in [0.05, 0.1) is 17.3 Å². The van der Waals surface area contributed by atoms with Crippen molar-refractivity contribution in [1.29, 1.82) is 0 Å². The number of amides is 1. The van der Waals surface area contributed by atoms with E-state index < -0.39 is 6.10 Å². The number of para-hydroxylation sites is 1. The van der Waals surface area contributed by atoms with E-state index in [4.69, 9.17) is 0 Å². The number of nitrogens with zero attached hydrogens (tertiary/aromatic N) is 4. The Morgan fingerprint density at radius 2 is 1.65 bits per heavy atom. The van der Waals surface area contributed by atoms with Crippen LogP contribution in [0.4, 0.5) is 10.1 Å². The summed E-state index contributed by atoms with van der Waals surface area (Å²) in [5.41, 5.74) is 3.18. The van der Waals surface area contributed by atoms with E-state index in [1.54, 1.807) is 0 Å². The van der Waals surface area contributed by atoms with Crippen LogP contribution in [0.25, 0.3) is 5.69 Å². The van der Waals surface area contributed by atoms with Gasteiger partial charge in [-0.25, -0.2) is 4.39 Å². The van der Waals surface area contributed by atoms with Crippen LogP contribution >= 0.6 is 0 Å². The highest BCUT2D eigenvalue weighted by Gasteiger charge is 2.39. The van der Waals surface area contributed by atoms with Crippen LogP contribution in [0.3, 0.4) is 0 Å². The fourth-order valence-corrected chi connectivity index (χ4v) is 5.24. The number of carbonyl (C=O) groups is 1. The Morgan fingerprint density at radius 1 is 0.941 bits per heavy atom. The van der Waals surface area contributed by atoms with E-state index in [0.717, 1.165) is 44.0 Å². The van der Waals surface area contributed by atoms with Crippen molar-refractivity contribution in [2.24, 2.45) is 0 Å². The molecule has 2 aromatic carbocycles. The zero-order chi connectivity index (χ0) is 23.7. The Labute approximate surface area is 199 Å². The minimum absolute atomic E-state index is 0.0157. The summed E-state index contributed by atoms with van der Waals surface area (Å²) in [6, 6.07) is 18.1. The summed E-state index contributed by atoms with van der Waals surface area (Å²) in [6.45, 7) is 6.30. The first kappa shape index (κ1) is 22.6. The fraction of sp³-hybridized carbons (Fsp3) is 0.370. The average molecular weight is 463 g/mol. The first-order valence-electron chi connectivity index (χ1n) is 12.1. The molecule has 1 N–H and O–H groups in total. The third-order valence-corrected chi connectivity index (χ3v) is 7.00. The standard InChI is InChI=1S/C27H31FN4O2/c1-2-13-31-19-24(30-17-15-29(16-18-30)21-10-8-20(28)9-11-21)26(33)25-23(27(31)34)12-14-32(25)22-6-4-3-5-7-22/h3-12,14,24,26,33H,2,13,15-19H2,1H3. The largest absolute Gasteiger partial charge is 0.385 e. The summed E-state index contributed by atoms with van der Waals surface area (Å²) >= 11 is 0. The van der Waals surface area contributed by atoms with Crippen molar-refractivity contribution in [3.63, 3.8) is 0 Å². The van der Waals surface area contributed by atoms with E-state index in [-0.39, 0.29) is 17.8 Å². The number of fused-ring (bicyclic) bond motifs is 1. The molecule has 3 heterocycles. The normalized spacial score (nSPS) is 21.4. The lowest BCUT2D eigenvalue weighted by Gasteiger charge is -2.42. The smallest absolute Gasteiger partial charge is 0.255 e. The zero-order valence-corrected chi connectivity index (χ0v) is 19.5. The average Bonchev–Trinajstić information content (AvgIpc) is 3.28. The number of carbonyl (C=O) groups excluding carboxylic acids is 1. The van der Waals surface area contributed by atoms with E-state index in [1.807, 2.05) is 64.2 Å². The number of aromatic nitrogens is 1. The van der Waals surface area contributed by atoms with Crippen LogP contribution in [-0.2, 0) is 0 Å². The molecule has 2 aliphatic heterocycles. The third-order valence-electron chi connectivity index (χ3n) is 7.00. The van der Waals surface area contributed by atoms with E-state index in [2.05, 4.69) is 16.7 Å². The van der Waals surface area contributed by atoms with Crippen LogP contribution in [0, 0.1) is 5.82 Å². The highest BCUT2D eigenvalue weighted by atomic mass is 19.1. The van der Waals surface area contributed by atoms with Crippen molar-refractivity contribution in [3.8, 4) is 5.69 Å². The molecule has 0 aliphatic carbocycles. The molecule has 2 aliphatic rings. The number of aliphatic hydroxyl groups is 1. The molecule has 1 fully saturated rings. The SMILES string of the molecule is CCCN1CC(N2CCN(c3ccc(F)cc3)CC2)C(O)c2c(ccn2-c2ccccc2)C1=O. The molecule has 5 rings (SSSR count). The van der Waals surface area contributed by atoms with Gasteiger partial charge in [0.1, 0.15) is 11.9 Å². The summed E-state index contributed by atoms with van der Waals surface area (Å²) in [4.78, 5) is 19.9. The Morgan fingerprint density at radius 3 is 2.32 bits per heavy atom. The lowest BCUT2D eigenvalue weighted by Crippen LogP contribution is -2.55. The van der Waals surface area contributed by atoms with E-state index >= 15 is 0 Å². The summed E-state index contributed by atoms with van der Waals surface area (Å²) in [6.07, 6.45) is 1.95. The van der Waals surface area contributed by atoms with Gasteiger partial charge < -0.3 is 19.5 Å². The molecule has 7 heteroatoms. The number of benzene rings is 2. The Hall–Kier alpha value is -3.16. The van der Waals surface area contributed by atoms with Crippen LogP contribution in [-0.4, -0.2) is 70.7 Å². The third kappa shape index (κ3) is 4.21. The molecule has 178 valence electrons. The summed E-state index contributed by atoms with van der Waals surface area (Å²) in [5.74, 6) is -0.250. The van der Waals surface area contributed by atoms with Crippen molar-refractivity contribution in [3.05, 3.63) is 83.9 Å². The molecule has 3 aromatic rings. The van der Waals surface area contributed by atoms with Gasteiger partial charge >= 0.3 is 0 Å². The van der Waals surface area contributed by atoms with Crippen LogP contribution in [0.2, 0.25) is 0 Å². The fourth-order valence-electron chi connectivity index (χ4n) is 5.24. The minimum atomic E-state index is -0.798. The lowest BCUT2D eigenvalue weighted by atomic mass is 10.0. The molecule has 1 aromatic heterocycles. The first-order chi connectivity index (χ1) is 16.6. The van der Waals surface area contributed by atoms with Crippen molar-refractivity contribution < 1.29 is 14.3 Å². The van der Waals surface area contributed by atoms with Gasteiger partial charge in [0.15, 0.2) is 0 Å². The maximum absolute atomic E-state index is 13.5. The van der Waals surface area contributed by atoms with Crippen LogP contribution < -0.4 is 4.90 Å². The highest BCUT2D eigenvalue weighted by Crippen LogP contribution is 2.33. The molecule has 0 radical (unpaired) electrons. The molecule has 0 bridgehead atoms. The molecular weight excluding hydrogens is 431 g/mol. The van der Waals surface area contributed by atoms with Crippen molar-refractivity contribution in [2.75, 3.05) is 44.2 Å². The molecule has 1 amide bonds. The maximum Gasteiger partial charge on any atom is 0.255 e. The van der Waals surface area contributed by atoms with E-state index in [0.29, 0.717) is 24.3 Å². The van der Waals surface area contributed by atoms with Crippen LogP contribution in [0.5, 0.6) is 0 Å². The number of aliphatic hydroxyl groups excluding tert-OH is 1. The number of hydrogen-bond donors (Lipinski definition) is 1. The molecule has 0 spiro atoms. The molecular formula is C27H31FN4O2. The first-order valence-corrected chi connectivity index (χ1v) is 12.1. The highest BCUT2D eigenvalue weighted by molar-refractivity contribution is 5.96.